The molecule has 0 atom stereocenters. The van der Waals surface area contributed by atoms with E-state index >= 15 is 0 Å². The molecule has 0 unspecified atom stereocenters. The van der Waals surface area contributed by atoms with Crippen LogP contribution in [-0.4, -0.2) is 19.7 Å². The number of benzene rings is 2. The molecule has 0 radical (unpaired) electrons. The van der Waals surface area contributed by atoms with Crippen LogP contribution in [0.2, 0.25) is 0 Å². The van der Waals surface area contributed by atoms with Gasteiger partial charge in [0.2, 0.25) is 0 Å². The summed E-state index contributed by atoms with van der Waals surface area (Å²) in [5, 5.41) is 8.47. The Bertz CT molecular complexity index is 1190. The smallest absolute Gasteiger partial charge is 0.272 e. The Kier molecular flexibility index (Phi) is 3.23. The van der Waals surface area contributed by atoms with Crippen LogP contribution in [0.3, 0.4) is 0 Å². The second kappa shape index (κ2) is 5.42. The lowest BCUT2D eigenvalue weighted by atomic mass is 10.1. The highest BCUT2D eigenvalue weighted by Crippen LogP contribution is 2.14. The zero-order valence-corrected chi connectivity index (χ0v) is 13.0. The van der Waals surface area contributed by atoms with E-state index in [0.29, 0.717) is 22.0 Å². The number of nitrogens with one attached hydrogen (secondary N) is 1. The van der Waals surface area contributed by atoms with E-state index < -0.39 is 0 Å². The average molecular weight is 318 g/mol. The van der Waals surface area contributed by atoms with Crippen LogP contribution in [0.1, 0.15) is 11.3 Å². The van der Waals surface area contributed by atoms with E-state index in [4.69, 9.17) is 0 Å². The number of rotatable bonds is 2. The number of nitrogens with zero attached hydrogens (tertiary/aromatic N) is 3. The molecule has 0 aliphatic heterocycles. The SMILES string of the molecule is Cc1ccc2ncn(Cc3n[nH]c(=O)c4ccccc34)c(=O)c2c1. The molecule has 2 aromatic heterocycles. The topological polar surface area (TPSA) is 80.6 Å². The monoisotopic (exact) mass is 318 g/mol. The number of hydrogen-bond donors (Lipinski definition) is 1. The number of aryl methyl sites for hydroxylation is 1. The summed E-state index contributed by atoms with van der Waals surface area (Å²) >= 11 is 0. The molecule has 4 rings (SSSR count). The summed E-state index contributed by atoms with van der Waals surface area (Å²) in [6.07, 6.45) is 1.52. The molecule has 24 heavy (non-hydrogen) atoms. The summed E-state index contributed by atoms with van der Waals surface area (Å²) in [5.74, 6) is 0. The van der Waals surface area contributed by atoms with E-state index in [1.165, 1.54) is 10.9 Å². The second-order valence-corrected chi connectivity index (χ2v) is 5.74. The number of fused-ring (bicyclic) bond motifs is 2. The van der Waals surface area contributed by atoms with Gasteiger partial charge in [0, 0.05) is 5.39 Å². The van der Waals surface area contributed by atoms with Crippen molar-refractivity contribution in [1.82, 2.24) is 19.7 Å². The molecule has 0 aliphatic rings. The maximum absolute atomic E-state index is 12.7. The van der Waals surface area contributed by atoms with Crippen LogP contribution in [0.25, 0.3) is 21.7 Å². The third-order valence-corrected chi connectivity index (χ3v) is 4.07. The molecule has 0 spiro atoms. The Morgan fingerprint density at radius 2 is 1.83 bits per heavy atom. The molecule has 0 saturated heterocycles. The van der Waals surface area contributed by atoms with Gasteiger partial charge in [0.25, 0.3) is 11.1 Å². The Balaban J connectivity index is 1.89. The third kappa shape index (κ3) is 2.28. The van der Waals surface area contributed by atoms with Gasteiger partial charge in [-0.1, -0.05) is 29.8 Å². The van der Waals surface area contributed by atoms with Gasteiger partial charge in [0.1, 0.15) is 0 Å². The minimum atomic E-state index is -0.242. The zero-order valence-electron chi connectivity index (χ0n) is 13.0. The highest BCUT2D eigenvalue weighted by Gasteiger charge is 2.09. The van der Waals surface area contributed by atoms with E-state index in [9.17, 15) is 9.59 Å². The number of H-pyrrole nitrogens is 1. The maximum atomic E-state index is 12.7. The van der Waals surface area contributed by atoms with Crippen LogP contribution in [0, 0.1) is 6.92 Å². The van der Waals surface area contributed by atoms with Crippen molar-refractivity contribution >= 4 is 21.7 Å². The van der Waals surface area contributed by atoms with Crippen molar-refractivity contribution in [3.8, 4) is 0 Å². The van der Waals surface area contributed by atoms with Crippen molar-refractivity contribution in [3.63, 3.8) is 0 Å². The summed E-state index contributed by atoms with van der Waals surface area (Å²) in [6.45, 7) is 2.18. The lowest BCUT2D eigenvalue weighted by Crippen LogP contribution is -2.23. The first-order valence-electron chi connectivity index (χ1n) is 7.55. The summed E-state index contributed by atoms with van der Waals surface area (Å²) in [6, 6.07) is 12.8. The summed E-state index contributed by atoms with van der Waals surface area (Å²) in [5.41, 5.74) is 1.93. The Morgan fingerprint density at radius 1 is 1.04 bits per heavy atom. The van der Waals surface area contributed by atoms with Crippen LogP contribution in [0.5, 0.6) is 0 Å². The fraction of sp³-hybridized carbons (Fsp3) is 0.111. The van der Waals surface area contributed by atoms with Crippen LogP contribution >= 0.6 is 0 Å². The normalized spacial score (nSPS) is 11.2. The van der Waals surface area contributed by atoms with Crippen LogP contribution < -0.4 is 11.1 Å². The zero-order chi connectivity index (χ0) is 16.7. The van der Waals surface area contributed by atoms with Crippen molar-refractivity contribution in [3.05, 3.63) is 80.8 Å². The molecule has 0 fully saturated rings. The van der Waals surface area contributed by atoms with Crippen molar-refractivity contribution in [1.29, 1.82) is 0 Å². The molecular formula is C18H14N4O2. The highest BCUT2D eigenvalue weighted by molar-refractivity contribution is 5.83. The molecule has 6 nitrogen and oxygen atoms in total. The van der Waals surface area contributed by atoms with Crippen LogP contribution in [0.4, 0.5) is 0 Å². The minimum absolute atomic E-state index is 0.124. The molecule has 6 heteroatoms. The van der Waals surface area contributed by atoms with Gasteiger partial charge in [-0.15, -0.1) is 0 Å². The average Bonchev–Trinajstić information content (AvgIpc) is 2.60. The Labute approximate surface area is 136 Å². The molecule has 4 aromatic rings. The van der Waals surface area contributed by atoms with Gasteiger partial charge in [-0.3, -0.25) is 14.2 Å². The highest BCUT2D eigenvalue weighted by atomic mass is 16.1. The molecule has 0 saturated carbocycles. The first-order valence-corrected chi connectivity index (χ1v) is 7.55. The van der Waals surface area contributed by atoms with Gasteiger partial charge >= 0.3 is 0 Å². The largest absolute Gasteiger partial charge is 0.293 e. The van der Waals surface area contributed by atoms with Crippen LogP contribution in [-0.2, 0) is 6.54 Å². The minimum Gasteiger partial charge on any atom is -0.293 e. The van der Waals surface area contributed by atoms with Crippen molar-refractivity contribution in [2.24, 2.45) is 0 Å². The quantitative estimate of drug-likeness (QED) is 0.613. The van der Waals surface area contributed by atoms with E-state index in [1.54, 1.807) is 12.1 Å². The molecule has 2 heterocycles. The maximum Gasteiger partial charge on any atom is 0.272 e. The first-order chi connectivity index (χ1) is 11.6. The molecule has 1 N–H and O–H groups in total. The van der Waals surface area contributed by atoms with Gasteiger partial charge in [-0.25, -0.2) is 10.1 Å². The number of hydrogen-bond acceptors (Lipinski definition) is 4. The van der Waals surface area contributed by atoms with E-state index in [0.717, 1.165) is 10.9 Å². The molecule has 2 aromatic carbocycles. The van der Waals surface area contributed by atoms with Crippen LogP contribution in [0.15, 0.2) is 58.4 Å². The van der Waals surface area contributed by atoms with Gasteiger partial charge < -0.3 is 0 Å². The van der Waals surface area contributed by atoms with Gasteiger partial charge in [-0.2, -0.15) is 5.10 Å². The van der Waals surface area contributed by atoms with E-state index in [2.05, 4.69) is 15.2 Å². The molecule has 0 bridgehead atoms. The fourth-order valence-electron chi connectivity index (χ4n) is 2.84. The molecule has 0 amide bonds. The van der Waals surface area contributed by atoms with E-state index in [-0.39, 0.29) is 17.7 Å². The van der Waals surface area contributed by atoms with Crippen molar-refractivity contribution in [2.75, 3.05) is 0 Å². The van der Waals surface area contributed by atoms with Gasteiger partial charge in [-0.05, 0) is 25.1 Å². The summed E-state index contributed by atoms with van der Waals surface area (Å²) < 4.78 is 1.51. The molecular weight excluding hydrogens is 304 g/mol. The molecule has 118 valence electrons. The van der Waals surface area contributed by atoms with Crippen molar-refractivity contribution < 1.29 is 0 Å². The molecule has 0 aliphatic carbocycles. The predicted octanol–water partition coefficient (Wildman–Crippen LogP) is 1.99. The van der Waals surface area contributed by atoms with Crippen molar-refractivity contribution in [2.45, 2.75) is 13.5 Å². The second-order valence-electron chi connectivity index (χ2n) is 5.74. The fourth-order valence-corrected chi connectivity index (χ4v) is 2.84. The predicted molar refractivity (Wildman–Crippen MR) is 92.2 cm³/mol. The third-order valence-electron chi connectivity index (χ3n) is 4.07. The summed E-state index contributed by atoms with van der Waals surface area (Å²) in [4.78, 5) is 28.9. The van der Waals surface area contributed by atoms with Gasteiger partial charge in [0.05, 0.1) is 34.9 Å². The van der Waals surface area contributed by atoms with E-state index in [1.807, 2.05) is 37.3 Å². The number of aromatic nitrogens is 4. The van der Waals surface area contributed by atoms with Gasteiger partial charge in [0.15, 0.2) is 0 Å². The standard InChI is InChI=1S/C18H14N4O2/c1-11-6-7-15-14(8-11)18(24)22(10-19-15)9-16-12-4-2-3-5-13(12)17(23)21-20-16/h2-8,10H,9H2,1H3,(H,21,23). The number of aromatic amines is 1. The lowest BCUT2D eigenvalue weighted by molar-refractivity contribution is 0.720. The summed E-state index contributed by atoms with van der Waals surface area (Å²) in [7, 11) is 0. The Morgan fingerprint density at radius 3 is 2.67 bits per heavy atom. The Hall–Kier alpha value is -3.28. The first kappa shape index (κ1) is 14.3. The lowest BCUT2D eigenvalue weighted by Gasteiger charge is -2.08.